The number of thioether (sulfide) groups is 1. The SMILES string of the molecule is CCc1cc(OCC(=O)N(C)C)c(F)c(C(=N)C(=NC(=O)OC)SC)c1-c1cccc(-c2noc(C)n2)c1. The van der Waals surface area contributed by atoms with Gasteiger partial charge in [-0.05, 0) is 41.5 Å². The van der Waals surface area contributed by atoms with Crippen molar-refractivity contribution in [1.29, 1.82) is 5.41 Å². The largest absolute Gasteiger partial charge is 0.481 e. The number of hydrogen-bond acceptors (Lipinski definition) is 9. The van der Waals surface area contributed by atoms with E-state index in [-0.39, 0.29) is 28.0 Å². The van der Waals surface area contributed by atoms with E-state index < -0.39 is 18.5 Å². The standard InChI is InChI=1S/C26H28FN5O5S/c1-7-15-12-18(36-13-19(33)32(3)4)22(27)21(23(28)25(38-6)30-26(34)35-5)20(15)16-9-8-10-17(11-16)24-29-14(2)37-31-24/h8-12,28H,7,13H2,1-6H3. The Morgan fingerprint density at radius 1 is 1.24 bits per heavy atom. The van der Waals surface area contributed by atoms with Crippen molar-refractivity contribution in [3.05, 3.63) is 53.2 Å². The molecule has 2 aromatic carbocycles. The molecular formula is C26H28FN5O5S. The summed E-state index contributed by atoms with van der Waals surface area (Å²) in [5.74, 6) is -0.655. The van der Waals surface area contributed by atoms with Crippen LogP contribution >= 0.6 is 11.8 Å². The number of benzene rings is 2. The quantitative estimate of drug-likeness (QED) is 0.319. The van der Waals surface area contributed by atoms with E-state index >= 15 is 4.39 Å². The molecule has 10 nitrogen and oxygen atoms in total. The van der Waals surface area contributed by atoms with E-state index in [1.807, 2.05) is 6.92 Å². The lowest BCUT2D eigenvalue weighted by molar-refractivity contribution is -0.130. The first-order valence-electron chi connectivity index (χ1n) is 11.5. The van der Waals surface area contributed by atoms with E-state index in [2.05, 4.69) is 19.9 Å². The Balaban J connectivity index is 2.27. The summed E-state index contributed by atoms with van der Waals surface area (Å²) in [7, 11) is 4.29. The molecule has 2 amide bonds. The Morgan fingerprint density at radius 2 is 1.95 bits per heavy atom. The van der Waals surface area contributed by atoms with E-state index in [9.17, 15) is 9.59 Å². The Bertz CT molecular complexity index is 1400. The van der Waals surface area contributed by atoms with Crippen LogP contribution in [-0.2, 0) is 16.0 Å². The first kappa shape index (κ1) is 28.5. The predicted molar refractivity (Wildman–Crippen MR) is 144 cm³/mol. The minimum atomic E-state index is -0.921. The Hall–Kier alpha value is -4.06. The third-order valence-electron chi connectivity index (χ3n) is 5.50. The smallest absolute Gasteiger partial charge is 0.434 e. The Morgan fingerprint density at radius 3 is 2.53 bits per heavy atom. The topological polar surface area (TPSA) is 131 Å². The summed E-state index contributed by atoms with van der Waals surface area (Å²) in [6, 6.07) is 8.61. The number of rotatable bonds is 8. The molecule has 0 unspecified atom stereocenters. The molecule has 1 heterocycles. The number of likely N-dealkylation sites (N-methyl/N-ethyl adjacent to an activating group) is 1. The van der Waals surface area contributed by atoms with Gasteiger partial charge in [0.25, 0.3) is 5.91 Å². The summed E-state index contributed by atoms with van der Waals surface area (Å²) in [5, 5.41) is 12.8. The molecule has 0 aliphatic heterocycles. The van der Waals surface area contributed by atoms with Gasteiger partial charge in [-0.1, -0.05) is 30.3 Å². The first-order chi connectivity index (χ1) is 18.1. The maximum Gasteiger partial charge on any atom is 0.434 e. The molecule has 0 bridgehead atoms. The normalized spacial score (nSPS) is 11.3. The van der Waals surface area contributed by atoms with Crippen molar-refractivity contribution in [2.75, 3.05) is 34.1 Å². The number of nitrogens with zero attached hydrogens (tertiary/aromatic N) is 4. The molecule has 0 atom stereocenters. The minimum Gasteiger partial charge on any atom is -0.481 e. The average molecular weight is 542 g/mol. The van der Waals surface area contributed by atoms with Crippen LogP contribution in [-0.4, -0.2) is 71.9 Å². The van der Waals surface area contributed by atoms with E-state index in [1.54, 1.807) is 51.5 Å². The molecule has 0 aliphatic rings. The monoisotopic (exact) mass is 541 g/mol. The summed E-state index contributed by atoms with van der Waals surface area (Å²) in [6.07, 6.45) is 1.14. The molecule has 0 saturated heterocycles. The fourth-order valence-electron chi connectivity index (χ4n) is 3.57. The highest BCUT2D eigenvalue weighted by Gasteiger charge is 2.27. The van der Waals surface area contributed by atoms with Gasteiger partial charge in [0, 0.05) is 32.1 Å². The summed E-state index contributed by atoms with van der Waals surface area (Å²) in [4.78, 5) is 33.4. The number of methoxy groups -OCH3 is 1. The summed E-state index contributed by atoms with van der Waals surface area (Å²) >= 11 is 0.997. The van der Waals surface area contributed by atoms with Crippen LogP contribution < -0.4 is 4.74 Å². The third-order valence-corrected chi connectivity index (χ3v) is 6.19. The van der Waals surface area contributed by atoms with Crippen LogP contribution in [0.5, 0.6) is 5.75 Å². The van der Waals surface area contributed by atoms with Crippen molar-refractivity contribution < 1.29 is 28.0 Å². The summed E-state index contributed by atoms with van der Waals surface area (Å²) < 4.78 is 31.4. The van der Waals surface area contributed by atoms with Gasteiger partial charge in [-0.3, -0.25) is 10.2 Å². The van der Waals surface area contributed by atoms with Gasteiger partial charge in [0.15, 0.2) is 18.2 Å². The van der Waals surface area contributed by atoms with Crippen LogP contribution in [0.4, 0.5) is 9.18 Å². The molecular weight excluding hydrogens is 513 g/mol. The molecule has 3 aromatic rings. The highest BCUT2D eigenvalue weighted by molar-refractivity contribution is 8.15. The van der Waals surface area contributed by atoms with Crippen LogP contribution in [0.15, 0.2) is 39.8 Å². The van der Waals surface area contributed by atoms with Crippen LogP contribution in [0.25, 0.3) is 22.5 Å². The van der Waals surface area contributed by atoms with E-state index in [1.165, 1.54) is 11.0 Å². The lowest BCUT2D eigenvalue weighted by Gasteiger charge is -2.20. The minimum absolute atomic E-state index is 0.0504. The third kappa shape index (κ3) is 6.25. The molecule has 3 rings (SSSR count). The van der Waals surface area contributed by atoms with E-state index in [4.69, 9.17) is 14.7 Å². The van der Waals surface area contributed by atoms with Crippen molar-refractivity contribution >= 4 is 34.5 Å². The lowest BCUT2D eigenvalue weighted by atomic mass is 9.89. The summed E-state index contributed by atoms with van der Waals surface area (Å²) in [5.41, 5.74) is 1.80. The maximum atomic E-state index is 16.2. The number of aliphatic imine (C=N–C) groups is 1. The van der Waals surface area contributed by atoms with E-state index in [0.717, 1.165) is 18.9 Å². The van der Waals surface area contributed by atoms with Crippen molar-refractivity contribution in [1.82, 2.24) is 15.0 Å². The zero-order valence-corrected chi connectivity index (χ0v) is 22.7. The van der Waals surface area contributed by atoms with Gasteiger partial charge >= 0.3 is 6.09 Å². The number of carbonyl (C=O) groups is 2. The fourth-order valence-corrected chi connectivity index (χ4v) is 4.05. The fraction of sp³-hybridized carbons (Fsp3) is 0.308. The van der Waals surface area contributed by atoms with Gasteiger partial charge in [0.2, 0.25) is 11.7 Å². The number of aromatic nitrogens is 2. The van der Waals surface area contributed by atoms with Gasteiger partial charge in [-0.25, -0.2) is 9.18 Å². The first-order valence-corrected chi connectivity index (χ1v) is 12.7. The van der Waals surface area contributed by atoms with E-state index in [0.29, 0.717) is 40.4 Å². The number of amides is 2. The highest BCUT2D eigenvalue weighted by Crippen LogP contribution is 2.38. The molecule has 0 fully saturated rings. The maximum absolute atomic E-state index is 16.2. The zero-order chi connectivity index (χ0) is 28.0. The van der Waals surface area contributed by atoms with Crippen LogP contribution in [0.3, 0.4) is 0 Å². The van der Waals surface area contributed by atoms with Crippen molar-refractivity contribution in [2.45, 2.75) is 20.3 Å². The molecule has 38 heavy (non-hydrogen) atoms. The Labute approximate surface area is 223 Å². The number of nitrogens with one attached hydrogen (secondary N) is 1. The molecule has 0 saturated carbocycles. The van der Waals surface area contributed by atoms with Crippen LogP contribution in [0, 0.1) is 18.2 Å². The second-order valence-electron chi connectivity index (χ2n) is 8.21. The lowest BCUT2D eigenvalue weighted by Crippen LogP contribution is -2.28. The van der Waals surface area contributed by atoms with Gasteiger partial charge in [-0.2, -0.15) is 9.98 Å². The van der Waals surface area contributed by atoms with Crippen LogP contribution in [0.2, 0.25) is 0 Å². The second kappa shape index (κ2) is 12.5. The molecule has 0 aliphatic carbocycles. The zero-order valence-electron chi connectivity index (χ0n) is 21.9. The molecule has 1 aromatic heterocycles. The highest BCUT2D eigenvalue weighted by atomic mass is 32.2. The van der Waals surface area contributed by atoms with Gasteiger partial charge < -0.3 is 18.9 Å². The van der Waals surface area contributed by atoms with Gasteiger partial charge in [0.05, 0.1) is 12.8 Å². The predicted octanol–water partition coefficient (Wildman–Crippen LogP) is 4.78. The molecule has 0 radical (unpaired) electrons. The average Bonchev–Trinajstić information content (AvgIpc) is 3.36. The van der Waals surface area contributed by atoms with Crippen LogP contribution in [0.1, 0.15) is 23.9 Å². The Kier molecular flexibility index (Phi) is 9.35. The van der Waals surface area contributed by atoms with Crippen molar-refractivity contribution in [2.24, 2.45) is 4.99 Å². The molecule has 200 valence electrons. The number of hydrogen-bond donors (Lipinski definition) is 1. The number of ether oxygens (including phenoxy) is 2. The summed E-state index contributed by atoms with van der Waals surface area (Å²) in [6.45, 7) is 3.16. The molecule has 12 heteroatoms. The second-order valence-corrected chi connectivity index (χ2v) is 9.01. The van der Waals surface area contributed by atoms with Gasteiger partial charge in [-0.15, -0.1) is 11.8 Å². The molecule has 1 N–H and O–H groups in total. The number of aryl methyl sites for hydroxylation is 2. The van der Waals surface area contributed by atoms with Gasteiger partial charge in [0.1, 0.15) is 5.04 Å². The number of halogens is 1. The van der Waals surface area contributed by atoms with Crippen molar-refractivity contribution in [3.8, 4) is 28.3 Å². The molecule has 0 spiro atoms. The van der Waals surface area contributed by atoms with Crippen molar-refractivity contribution in [3.63, 3.8) is 0 Å². The number of carbonyl (C=O) groups excluding carboxylic acids is 2.